The lowest BCUT2D eigenvalue weighted by molar-refractivity contribution is 1.35. The van der Waals surface area contributed by atoms with Crippen molar-refractivity contribution in [3.8, 4) is 0 Å². The SMILES string of the molecule is [3H][Si]([3H])([3H])c1c(C)cc(C)cc1C. The standard InChI is InChI=1S/C9H14Si/c1-6-4-7(2)9(10)8(3)5-6/h4-5H,1-3,10H3/i10T3. The molecule has 0 unspecified atom stereocenters. The molecule has 1 aromatic rings. The van der Waals surface area contributed by atoms with Crippen LogP contribution >= 0.6 is 0 Å². The average molecular weight is 156 g/mol. The molecule has 1 rings (SSSR count). The van der Waals surface area contributed by atoms with Crippen molar-refractivity contribution in [2.45, 2.75) is 20.8 Å². The predicted molar refractivity (Wildman–Crippen MR) is 50.2 cm³/mol. The number of benzene rings is 1. The third kappa shape index (κ3) is 1.29. The molecule has 0 saturated heterocycles. The van der Waals surface area contributed by atoms with E-state index in [0.29, 0.717) is 5.19 Å². The van der Waals surface area contributed by atoms with Gasteiger partial charge in [-0.15, -0.1) is 0 Å². The van der Waals surface area contributed by atoms with Gasteiger partial charge in [-0.2, -0.15) is 0 Å². The Morgan fingerprint density at radius 2 is 1.70 bits per heavy atom. The summed E-state index contributed by atoms with van der Waals surface area (Å²) in [7, 11) is -3.40. The highest BCUT2D eigenvalue weighted by atomic mass is 28.1. The molecule has 0 aliphatic rings. The summed E-state index contributed by atoms with van der Waals surface area (Å²) < 4.78 is 22.5. The van der Waals surface area contributed by atoms with Gasteiger partial charge in [-0.05, 0) is 20.8 Å². The maximum Gasteiger partial charge on any atom is 0.0391 e. The summed E-state index contributed by atoms with van der Waals surface area (Å²) in [6.07, 6.45) is 0. The predicted octanol–water partition coefficient (Wildman–Crippen LogP) is 0.603. The van der Waals surface area contributed by atoms with Gasteiger partial charge in [0.05, 0.1) is 0 Å². The van der Waals surface area contributed by atoms with Gasteiger partial charge >= 0.3 is 0 Å². The Hall–Kier alpha value is -0.563. The van der Waals surface area contributed by atoms with Crippen molar-refractivity contribution >= 4 is 15.2 Å². The lowest BCUT2D eigenvalue weighted by Crippen LogP contribution is -2.11. The number of rotatable bonds is 1. The minimum Gasteiger partial charge on any atom is -0.0650 e. The second-order valence-electron chi connectivity index (χ2n) is 2.77. The summed E-state index contributed by atoms with van der Waals surface area (Å²) in [6, 6.07) is 3.89. The molecule has 1 aromatic carbocycles. The van der Waals surface area contributed by atoms with E-state index in [1.807, 2.05) is 32.9 Å². The summed E-state index contributed by atoms with van der Waals surface area (Å²) in [4.78, 5) is 0. The summed E-state index contributed by atoms with van der Waals surface area (Å²) in [5.41, 5.74) is 2.98. The van der Waals surface area contributed by atoms with E-state index in [2.05, 4.69) is 0 Å². The van der Waals surface area contributed by atoms with Crippen LogP contribution in [0.15, 0.2) is 12.1 Å². The quantitative estimate of drug-likeness (QED) is 0.522. The first-order valence-electron chi connectivity index (χ1n) is 4.90. The van der Waals surface area contributed by atoms with E-state index in [4.69, 9.17) is 3.70 Å². The Bertz CT molecular complexity index is 305. The molecule has 0 amide bonds. The van der Waals surface area contributed by atoms with E-state index in [-0.39, 0.29) is 0 Å². The molecular formula is C9H14Si. The van der Waals surface area contributed by atoms with E-state index in [1.165, 1.54) is 0 Å². The summed E-state index contributed by atoms with van der Waals surface area (Å²) in [5, 5.41) is 0.637. The highest BCUT2D eigenvalue weighted by molar-refractivity contribution is 6.34. The van der Waals surface area contributed by atoms with Crippen molar-refractivity contribution in [2.24, 2.45) is 0 Å². The molecule has 0 aliphatic carbocycles. The third-order valence-corrected chi connectivity index (χ3v) is 2.47. The topological polar surface area (TPSA) is 0 Å². The van der Waals surface area contributed by atoms with E-state index in [1.54, 1.807) is 0 Å². The maximum absolute atomic E-state index is 7.50. The van der Waals surface area contributed by atoms with Crippen LogP contribution in [0.2, 0.25) is 0 Å². The van der Waals surface area contributed by atoms with Crippen LogP contribution in [0, 0.1) is 20.8 Å². The van der Waals surface area contributed by atoms with Gasteiger partial charge in [0.1, 0.15) is 0 Å². The summed E-state index contributed by atoms with van der Waals surface area (Å²) in [6.45, 7) is 5.76. The molecule has 10 heavy (non-hydrogen) atoms. The molecule has 54 valence electrons. The van der Waals surface area contributed by atoms with Gasteiger partial charge in [-0.1, -0.05) is 34.0 Å². The van der Waals surface area contributed by atoms with Gasteiger partial charge < -0.3 is 0 Å². The van der Waals surface area contributed by atoms with E-state index >= 15 is 0 Å². The van der Waals surface area contributed by atoms with Gasteiger partial charge in [0, 0.05) is 13.7 Å². The molecule has 0 atom stereocenters. The van der Waals surface area contributed by atoms with Gasteiger partial charge in [-0.25, -0.2) is 0 Å². The van der Waals surface area contributed by atoms with Crippen molar-refractivity contribution < 1.29 is 0 Å². The fraction of sp³-hybridized carbons (Fsp3) is 0.333. The molecule has 0 spiro atoms. The first-order valence-corrected chi connectivity index (χ1v) is 3.90. The first-order chi connectivity index (χ1) is 5.82. The number of hydrogen-bond acceptors (Lipinski definition) is 0. The minimum atomic E-state index is -3.40. The fourth-order valence-corrected chi connectivity index (χ4v) is 1.32. The highest BCUT2D eigenvalue weighted by Crippen LogP contribution is 2.03. The van der Waals surface area contributed by atoms with Crippen LogP contribution in [-0.2, 0) is 0 Å². The number of aryl methyl sites for hydroxylation is 3. The summed E-state index contributed by atoms with van der Waals surface area (Å²) >= 11 is 0. The van der Waals surface area contributed by atoms with Crippen molar-refractivity contribution in [2.75, 3.05) is 0 Å². The van der Waals surface area contributed by atoms with Crippen molar-refractivity contribution in [3.05, 3.63) is 28.8 Å². The Morgan fingerprint density at radius 3 is 2.10 bits per heavy atom. The fourth-order valence-electron chi connectivity index (χ4n) is 1.18. The minimum absolute atomic E-state index is 0.637. The monoisotopic (exact) mass is 156 g/mol. The summed E-state index contributed by atoms with van der Waals surface area (Å²) in [5.74, 6) is 0. The van der Waals surface area contributed by atoms with Crippen LogP contribution < -0.4 is 5.19 Å². The maximum atomic E-state index is 7.50. The second-order valence-corrected chi connectivity index (χ2v) is 3.27. The Kier molecular flexibility index (Phi) is 1.12. The molecule has 0 saturated carbocycles. The zero-order valence-electron chi connectivity index (χ0n) is 9.65. The van der Waals surface area contributed by atoms with E-state index in [9.17, 15) is 0 Å². The highest BCUT2D eigenvalue weighted by Gasteiger charge is 1.95. The molecule has 0 aliphatic heterocycles. The molecule has 1 heteroatoms. The second kappa shape index (κ2) is 2.58. The molecule has 0 heterocycles. The molecule has 0 bridgehead atoms. The van der Waals surface area contributed by atoms with Gasteiger partial charge in [-0.3, -0.25) is 0 Å². The van der Waals surface area contributed by atoms with Crippen LogP contribution in [0.3, 0.4) is 0 Å². The lowest BCUT2D eigenvalue weighted by Gasteiger charge is -2.04. The van der Waals surface area contributed by atoms with E-state index in [0.717, 1.165) is 16.7 Å². The van der Waals surface area contributed by atoms with Gasteiger partial charge in [0.2, 0.25) is 0 Å². The van der Waals surface area contributed by atoms with Crippen molar-refractivity contribution in [1.29, 1.82) is 3.70 Å². The van der Waals surface area contributed by atoms with Crippen LogP contribution in [0.25, 0.3) is 0 Å². The normalized spacial score (nSPS) is 15.7. The Morgan fingerprint density at radius 1 is 1.20 bits per heavy atom. The average Bonchev–Trinajstić information content (AvgIpc) is 1.78. The Labute approximate surface area is 69.4 Å². The lowest BCUT2D eigenvalue weighted by atomic mass is 10.1. The molecule has 0 nitrogen and oxygen atoms in total. The third-order valence-electron chi connectivity index (χ3n) is 1.68. The van der Waals surface area contributed by atoms with Crippen LogP contribution in [-0.4, -0.2) is 13.7 Å². The van der Waals surface area contributed by atoms with Crippen molar-refractivity contribution in [1.82, 2.24) is 0 Å². The van der Waals surface area contributed by atoms with E-state index < -0.39 is 10.0 Å². The Balaban J connectivity index is 3.38. The van der Waals surface area contributed by atoms with Crippen LogP contribution in [0.1, 0.15) is 16.7 Å². The molecule has 0 N–H and O–H groups in total. The van der Waals surface area contributed by atoms with Crippen LogP contribution in [0.4, 0.5) is 0 Å². The van der Waals surface area contributed by atoms with Gasteiger partial charge in [0.25, 0.3) is 0 Å². The first kappa shape index (κ1) is 4.34. The number of hydrogen-bond donors (Lipinski definition) is 0. The molecule has 0 aromatic heterocycles. The zero-order chi connectivity index (χ0) is 10.2. The van der Waals surface area contributed by atoms with Crippen LogP contribution in [0.5, 0.6) is 0 Å². The zero-order valence-corrected chi connectivity index (χ0v) is 7.65. The molecular weight excluding hydrogens is 136 g/mol. The van der Waals surface area contributed by atoms with Gasteiger partial charge in [0.15, 0.2) is 0 Å². The smallest absolute Gasteiger partial charge is 0.0391 e. The van der Waals surface area contributed by atoms with Crippen molar-refractivity contribution in [3.63, 3.8) is 0 Å². The molecule has 0 radical (unpaired) electrons. The molecule has 0 fully saturated rings. The largest absolute Gasteiger partial charge is 0.0650 e.